The summed E-state index contributed by atoms with van der Waals surface area (Å²) in [5.41, 5.74) is 4.83. The van der Waals surface area contributed by atoms with Crippen molar-refractivity contribution in [1.82, 2.24) is 0 Å². The maximum Gasteiger partial charge on any atom is 0.404 e. The van der Waals surface area contributed by atoms with Gasteiger partial charge in [0.1, 0.15) is 12.7 Å². The Kier molecular flexibility index (Phi) is 4.45. The highest BCUT2D eigenvalue weighted by Gasteiger charge is 2.13. The van der Waals surface area contributed by atoms with E-state index in [9.17, 15) is 9.90 Å². The minimum Gasteiger partial charge on any atom is -0.504 e. The highest BCUT2D eigenvalue weighted by molar-refractivity contribution is 5.64. The van der Waals surface area contributed by atoms with Crippen LogP contribution in [0.3, 0.4) is 0 Å². The van der Waals surface area contributed by atoms with Gasteiger partial charge in [-0.3, -0.25) is 0 Å². The van der Waals surface area contributed by atoms with Gasteiger partial charge in [-0.2, -0.15) is 0 Å². The second-order valence-corrected chi connectivity index (χ2v) is 3.37. The van der Waals surface area contributed by atoms with Crippen LogP contribution in [0.4, 0.5) is 4.79 Å². The second-order valence-electron chi connectivity index (χ2n) is 3.37. The number of ether oxygens (including phenoxy) is 3. The maximum absolute atomic E-state index is 10.4. The molecule has 0 aromatic heterocycles. The minimum atomic E-state index is -0.858. The summed E-state index contributed by atoms with van der Waals surface area (Å²) in [6.07, 6.45) is -1.26. The molecule has 0 heterocycles. The molecular weight excluding hydrogens is 226 g/mol. The van der Waals surface area contributed by atoms with Gasteiger partial charge in [0, 0.05) is 0 Å². The van der Waals surface area contributed by atoms with Crippen LogP contribution in [0.25, 0.3) is 0 Å². The molecule has 0 bridgehead atoms. The molecular formula is C11H15NO5. The van der Waals surface area contributed by atoms with E-state index in [-0.39, 0.29) is 18.1 Å². The topological polar surface area (TPSA) is 91.0 Å². The largest absolute Gasteiger partial charge is 0.504 e. The molecule has 1 unspecified atom stereocenters. The second kappa shape index (κ2) is 5.83. The lowest BCUT2D eigenvalue weighted by atomic mass is 10.3. The Morgan fingerprint density at radius 3 is 2.82 bits per heavy atom. The predicted molar refractivity (Wildman–Crippen MR) is 60.3 cm³/mol. The Morgan fingerprint density at radius 2 is 2.24 bits per heavy atom. The van der Waals surface area contributed by atoms with Crippen molar-refractivity contribution in [3.05, 3.63) is 18.2 Å². The molecule has 0 fully saturated rings. The number of amides is 1. The van der Waals surface area contributed by atoms with Gasteiger partial charge >= 0.3 is 6.09 Å². The number of phenolic OH excluding ortho intramolecular Hbond substituents is 1. The molecule has 94 valence electrons. The highest BCUT2D eigenvalue weighted by Crippen LogP contribution is 2.36. The average molecular weight is 241 g/mol. The number of phenols is 1. The fourth-order valence-electron chi connectivity index (χ4n) is 1.25. The number of methoxy groups -OCH3 is 1. The Bertz CT molecular complexity index is 393. The van der Waals surface area contributed by atoms with E-state index in [2.05, 4.69) is 4.74 Å². The van der Waals surface area contributed by atoms with E-state index >= 15 is 0 Å². The Hall–Kier alpha value is -2.11. The van der Waals surface area contributed by atoms with Gasteiger partial charge in [-0.15, -0.1) is 0 Å². The molecule has 0 saturated heterocycles. The zero-order valence-corrected chi connectivity index (χ0v) is 9.67. The van der Waals surface area contributed by atoms with E-state index in [4.69, 9.17) is 15.2 Å². The van der Waals surface area contributed by atoms with Gasteiger partial charge in [-0.1, -0.05) is 6.07 Å². The Balaban J connectivity index is 2.67. The highest BCUT2D eigenvalue weighted by atomic mass is 16.6. The van der Waals surface area contributed by atoms with Crippen molar-refractivity contribution in [2.75, 3.05) is 13.7 Å². The Morgan fingerprint density at radius 1 is 1.53 bits per heavy atom. The Labute approximate surface area is 98.9 Å². The van der Waals surface area contributed by atoms with Gasteiger partial charge in [-0.05, 0) is 19.1 Å². The number of primary amides is 1. The molecule has 6 heteroatoms. The third-order valence-electron chi connectivity index (χ3n) is 1.95. The monoisotopic (exact) mass is 241 g/mol. The first-order valence-corrected chi connectivity index (χ1v) is 4.99. The number of para-hydroxylation sites is 1. The SMILES string of the molecule is COc1c(O)cccc1OC(C)COC(N)=O. The molecule has 3 N–H and O–H groups in total. The molecule has 0 radical (unpaired) electrons. The van der Waals surface area contributed by atoms with Gasteiger partial charge in [0.05, 0.1) is 7.11 Å². The molecule has 0 aliphatic rings. The third kappa shape index (κ3) is 3.75. The summed E-state index contributed by atoms with van der Waals surface area (Å²) >= 11 is 0. The summed E-state index contributed by atoms with van der Waals surface area (Å²) in [5.74, 6) is 0.583. The number of nitrogens with two attached hydrogens (primary N) is 1. The molecule has 0 aliphatic carbocycles. The molecule has 0 saturated carbocycles. The van der Waals surface area contributed by atoms with Crippen molar-refractivity contribution in [3.63, 3.8) is 0 Å². The molecule has 1 amide bonds. The fraction of sp³-hybridized carbons (Fsp3) is 0.364. The van der Waals surface area contributed by atoms with Crippen molar-refractivity contribution < 1.29 is 24.1 Å². The third-order valence-corrected chi connectivity index (χ3v) is 1.95. The number of aromatic hydroxyl groups is 1. The van der Waals surface area contributed by atoms with Crippen molar-refractivity contribution >= 4 is 6.09 Å². The average Bonchev–Trinajstić information content (AvgIpc) is 2.27. The van der Waals surface area contributed by atoms with Crippen LogP contribution in [0, 0.1) is 0 Å². The van der Waals surface area contributed by atoms with E-state index in [1.165, 1.54) is 13.2 Å². The first-order valence-electron chi connectivity index (χ1n) is 4.99. The lowest BCUT2D eigenvalue weighted by molar-refractivity contribution is 0.0943. The smallest absolute Gasteiger partial charge is 0.404 e. The molecule has 1 rings (SSSR count). The fourth-order valence-corrected chi connectivity index (χ4v) is 1.25. The number of hydrogen-bond donors (Lipinski definition) is 2. The number of carbonyl (C=O) groups is 1. The molecule has 1 atom stereocenters. The van der Waals surface area contributed by atoms with Crippen LogP contribution in [-0.2, 0) is 4.74 Å². The van der Waals surface area contributed by atoms with E-state index in [0.717, 1.165) is 0 Å². The van der Waals surface area contributed by atoms with Crippen molar-refractivity contribution in [1.29, 1.82) is 0 Å². The van der Waals surface area contributed by atoms with E-state index in [1.54, 1.807) is 19.1 Å². The van der Waals surface area contributed by atoms with Gasteiger partial charge in [-0.25, -0.2) is 4.79 Å². The molecule has 0 aliphatic heterocycles. The molecule has 6 nitrogen and oxygen atoms in total. The van der Waals surface area contributed by atoms with Crippen LogP contribution in [0.1, 0.15) is 6.92 Å². The van der Waals surface area contributed by atoms with Crippen molar-refractivity contribution in [3.8, 4) is 17.2 Å². The van der Waals surface area contributed by atoms with E-state index in [1.807, 2.05) is 0 Å². The van der Waals surface area contributed by atoms with Crippen LogP contribution >= 0.6 is 0 Å². The van der Waals surface area contributed by atoms with Gasteiger partial charge < -0.3 is 25.1 Å². The summed E-state index contributed by atoms with van der Waals surface area (Å²) in [4.78, 5) is 10.4. The lowest BCUT2D eigenvalue weighted by Crippen LogP contribution is -2.24. The number of hydrogen-bond acceptors (Lipinski definition) is 5. The standard InChI is InChI=1S/C11H15NO5/c1-7(6-16-11(12)14)17-9-5-3-4-8(13)10(9)15-2/h3-5,7,13H,6H2,1-2H3,(H2,12,14). The summed E-state index contributed by atoms with van der Waals surface area (Å²) < 4.78 is 15.0. The normalized spacial score (nSPS) is 11.6. The van der Waals surface area contributed by atoms with Gasteiger partial charge in [0.15, 0.2) is 11.5 Å². The molecule has 1 aromatic rings. The summed E-state index contributed by atoms with van der Waals surface area (Å²) in [6, 6.07) is 4.74. The van der Waals surface area contributed by atoms with Crippen LogP contribution in [0.15, 0.2) is 18.2 Å². The van der Waals surface area contributed by atoms with E-state index in [0.29, 0.717) is 5.75 Å². The van der Waals surface area contributed by atoms with Gasteiger partial charge in [0.25, 0.3) is 0 Å². The molecule has 1 aromatic carbocycles. The van der Waals surface area contributed by atoms with E-state index < -0.39 is 12.2 Å². The van der Waals surface area contributed by atoms with Crippen molar-refractivity contribution in [2.24, 2.45) is 5.73 Å². The predicted octanol–water partition coefficient (Wildman–Crippen LogP) is 1.26. The first kappa shape index (κ1) is 13.0. The molecule has 0 spiro atoms. The van der Waals surface area contributed by atoms with Crippen LogP contribution in [-0.4, -0.2) is 31.0 Å². The van der Waals surface area contributed by atoms with Crippen LogP contribution in [0.2, 0.25) is 0 Å². The van der Waals surface area contributed by atoms with Crippen LogP contribution in [0.5, 0.6) is 17.2 Å². The quantitative estimate of drug-likeness (QED) is 0.809. The van der Waals surface area contributed by atoms with Gasteiger partial charge in [0.2, 0.25) is 5.75 Å². The number of rotatable bonds is 5. The zero-order chi connectivity index (χ0) is 12.8. The number of benzene rings is 1. The van der Waals surface area contributed by atoms with Crippen LogP contribution < -0.4 is 15.2 Å². The number of carbonyl (C=O) groups excluding carboxylic acids is 1. The summed E-state index contributed by atoms with van der Waals surface area (Å²) in [7, 11) is 1.42. The first-order chi connectivity index (χ1) is 8.04. The van der Waals surface area contributed by atoms with Crippen molar-refractivity contribution in [2.45, 2.75) is 13.0 Å². The maximum atomic E-state index is 10.4. The summed E-state index contributed by atoms with van der Waals surface area (Å²) in [6.45, 7) is 1.72. The minimum absolute atomic E-state index is 0.0204. The lowest BCUT2D eigenvalue weighted by Gasteiger charge is -2.16. The summed E-state index contributed by atoms with van der Waals surface area (Å²) in [5, 5.41) is 9.51. The zero-order valence-electron chi connectivity index (χ0n) is 9.67. The molecule has 17 heavy (non-hydrogen) atoms.